The van der Waals surface area contributed by atoms with E-state index in [9.17, 15) is 14.4 Å². The molecule has 3 amide bonds. The molecule has 0 unspecified atom stereocenters. The number of likely N-dealkylation sites (tertiary alicyclic amines) is 1. The lowest BCUT2D eigenvalue weighted by molar-refractivity contribution is 0.0322. The number of carbonyl (C=O) groups excluding carboxylic acids is 3. The van der Waals surface area contributed by atoms with Crippen molar-refractivity contribution in [3.63, 3.8) is 0 Å². The van der Waals surface area contributed by atoms with Crippen LogP contribution in [0.3, 0.4) is 0 Å². The van der Waals surface area contributed by atoms with Crippen molar-refractivity contribution in [2.24, 2.45) is 12.8 Å². The molecule has 2 aromatic heterocycles. The average molecular weight is 545 g/mol. The number of ether oxygens (including phenoxy) is 1. The number of fused-ring (bicyclic) bond motifs is 2. The highest BCUT2D eigenvalue weighted by molar-refractivity contribution is 6.09. The summed E-state index contributed by atoms with van der Waals surface area (Å²) in [6.45, 7) is 9.24. The van der Waals surface area contributed by atoms with Crippen LogP contribution in [0.5, 0.6) is 0 Å². The van der Waals surface area contributed by atoms with E-state index in [1.807, 2.05) is 44.5 Å². The molecule has 1 fully saturated rings. The maximum Gasteiger partial charge on any atom is 0.407 e. The van der Waals surface area contributed by atoms with E-state index in [1.54, 1.807) is 17.0 Å². The maximum absolute atomic E-state index is 13.6. The molecule has 3 N–H and O–H groups in total. The second-order valence-corrected chi connectivity index (χ2v) is 11.4. The number of carbonyl (C=O) groups is 3. The molecule has 40 heavy (non-hydrogen) atoms. The number of alkyl carbamates (subject to hydrolysis) is 1. The van der Waals surface area contributed by atoms with Crippen molar-refractivity contribution in [3.05, 3.63) is 53.6 Å². The quantitative estimate of drug-likeness (QED) is 0.384. The number of rotatable bonds is 5. The van der Waals surface area contributed by atoms with Crippen molar-refractivity contribution in [2.75, 3.05) is 13.1 Å². The zero-order valence-electron chi connectivity index (χ0n) is 23.7. The molecule has 1 aliphatic rings. The molecule has 10 heteroatoms. The fraction of sp³-hybridized carbons (Fsp3) is 0.400. The van der Waals surface area contributed by atoms with Crippen molar-refractivity contribution in [1.82, 2.24) is 24.3 Å². The van der Waals surface area contributed by atoms with Gasteiger partial charge < -0.3 is 29.8 Å². The predicted molar refractivity (Wildman–Crippen MR) is 154 cm³/mol. The fourth-order valence-electron chi connectivity index (χ4n) is 5.52. The van der Waals surface area contributed by atoms with Gasteiger partial charge in [-0.1, -0.05) is 18.2 Å². The van der Waals surface area contributed by atoms with Gasteiger partial charge in [0.05, 0.1) is 28.8 Å². The van der Waals surface area contributed by atoms with Crippen LogP contribution in [0.25, 0.3) is 33.5 Å². The molecule has 0 aliphatic carbocycles. The maximum atomic E-state index is 13.6. The van der Waals surface area contributed by atoms with Gasteiger partial charge in [0.25, 0.3) is 11.8 Å². The van der Waals surface area contributed by atoms with Crippen molar-refractivity contribution in [2.45, 2.75) is 58.7 Å². The first-order valence-corrected chi connectivity index (χ1v) is 13.6. The van der Waals surface area contributed by atoms with Crippen LogP contribution in [0.4, 0.5) is 4.79 Å². The van der Waals surface area contributed by atoms with Gasteiger partial charge in [0.2, 0.25) is 0 Å². The van der Waals surface area contributed by atoms with Crippen LogP contribution in [0.2, 0.25) is 0 Å². The number of aromatic nitrogens is 3. The molecule has 1 aliphatic heterocycles. The van der Waals surface area contributed by atoms with E-state index in [1.165, 1.54) is 0 Å². The van der Waals surface area contributed by atoms with Gasteiger partial charge >= 0.3 is 6.09 Å². The van der Waals surface area contributed by atoms with Crippen LogP contribution in [0.15, 0.2) is 42.5 Å². The van der Waals surface area contributed by atoms with E-state index < -0.39 is 23.6 Å². The van der Waals surface area contributed by atoms with Crippen LogP contribution in [-0.4, -0.2) is 61.7 Å². The molecule has 210 valence electrons. The summed E-state index contributed by atoms with van der Waals surface area (Å²) in [6.07, 6.45) is 0.438. The van der Waals surface area contributed by atoms with Crippen molar-refractivity contribution in [1.29, 1.82) is 0 Å². The van der Waals surface area contributed by atoms with Crippen LogP contribution >= 0.6 is 0 Å². The number of hydrogen-bond acceptors (Lipinski definition) is 5. The summed E-state index contributed by atoms with van der Waals surface area (Å²) in [5, 5.41) is 3.88. The summed E-state index contributed by atoms with van der Waals surface area (Å²) in [7, 11) is 1.85. The molecule has 4 aromatic rings. The Balaban J connectivity index is 1.49. The second kappa shape index (κ2) is 10.3. The Kier molecular flexibility index (Phi) is 7.03. The number of para-hydroxylation sites is 1. The molecule has 0 spiro atoms. The number of aryl methyl sites for hydroxylation is 2. The molecule has 0 saturated carbocycles. The number of hydrogen-bond donors (Lipinski definition) is 2. The van der Waals surface area contributed by atoms with E-state index in [4.69, 9.17) is 15.5 Å². The Bertz CT molecular complexity index is 1630. The SMILES string of the molecule is CCn1c(-c2nc3cc(C(=O)N4CCC[C@@H](OC(=O)NC(C)(C)C)C4)cc(C(N)=O)c3n2C)cc2ccccc21. The third-order valence-electron chi connectivity index (χ3n) is 7.25. The van der Waals surface area contributed by atoms with Crippen molar-refractivity contribution < 1.29 is 19.1 Å². The molecule has 5 rings (SSSR count). The molecular weight excluding hydrogens is 508 g/mol. The lowest BCUT2D eigenvalue weighted by atomic mass is 10.0. The summed E-state index contributed by atoms with van der Waals surface area (Å²) in [6, 6.07) is 13.5. The van der Waals surface area contributed by atoms with E-state index in [0.29, 0.717) is 41.8 Å². The van der Waals surface area contributed by atoms with Gasteiger partial charge in [-0.25, -0.2) is 9.78 Å². The van der Waals surface area contributed by atoms with Crippen LogP contribution < -0.4 is 11.1 Å². The smallest absolute Gasteiger partial charge is 0.407 e. The zero-order valence-corrected chi connectivity index (χ0v) is 23.7. The minimum atomic E-state index is -0.635. The van der Waals surface area contributed by atoms with Gasteiger partial charge in [0, 0.05) is 42.1 Å². The number of nitrogens with two attached hydrogens (primary N) is 1. The van der Waals surface area contributed by atoms with E-state index in [-0.39, 0.29) is 18.0 Å². The third kappa shape index (κ3) is 5.13. The predicted octanol–water partition coefficient (Wildman–Crippen LogP) is 4.44. The van der Waals surface area contributed by atoms with Crippen LogP contribution in [0, 0.1) is 0 Å². The van der Waals surface area contributed by atoms with Gasteiger partial charge in [-0.3, -0.25) is 9.59 Å². The topological polar surface area (TPSA) is 124 Å². The molecule has 2 aromatic carbocycles. The number of nitrogens with one attached hydrogen (secondary N) is 1. The Morgan fingerprint density at radius 2 is 1.90 bits per heavy atom. The average Bonchev–Trinajstić information content (AvgIpc) is 3.43. The number of nitrogens with zero attached hydrogens (tertiary/aromatic N) is 4. The summed E-state index contributed by atoms with van der Waals surface area (Å²) in [5.41, 5.74) is 9.04. The molecule has 10 nitrogen and oxygen atoms in total. The summed E-state index contributed by atoms with van der Waals surface area (Å²) < 4.78 is 9.64. The summed E-state index contributed by atoms with van der Waals surface area (Å²) >= 11 is 0. The van der Waals surface area contributed by atoms with E-state index in [0.717, 1.165) is 23.1 Å². The van der Waals surface area contributed by atoms with Crippen LogP contribution in [0.1, 0.15) is 61.3 Å². The zero-order chi connectivity index (χ0) is 28.8. The first kappa shape index (κ1) is 27.2. The third-order valence-corrected chi connectivity index (χ3v) is 7.25. The highest BCUT2D eigenvalue weighted by atomic mass is 16.6. The Morgan fingerprint density at radius 1 is 1.15 bits per heavy atom. The first-order chi connectivity index (χ1) is 19.0. The first-order valence-electron chi connectivity index (χ1n) is 13.6. The van der Waals surface area contributed by atoms with Crippen molar-refractivity contribution in [3.8, 4) is 11.5 Å². The molecule has 1 saturated heterocycles. The van der Waals surface area contributed by atoms with Crippen molar-refractivity contribution >= 4 is 39.8 Å². The Labute approximate surface area is 233 Å². The summed E-state index contributed by atoms with van der Waals surface area (Å²) in [5.74, 6) is -0.218. The second-order valence-electron chi connectivity index (χ2n) is 11.4. The normalized spacial score (nSPS) is 15.9. The van der Waals surface area contributed by atoms with E-state index in [2.05, 4.69) is 35.0 Å². The Hall–Kier alpha value is -4.34. The standard InChI is InChI=1S/C30H36N6O4/c1-6-36-23-12-8-7-10-18(23)16-24(36)27-32-22-15-19(14-21(26(31)37)25(22)34(27)5)28(38)35-13-9-11-20(17-35)40-29(39)33-30(2,3)4/h7-8,10,12,14-16,20H,6,9,11,13,17H2,1-5H3,(H2,31,37)(H,33,39)/t20-/m1/s1. The number of imidazole rings is 1. The molecule has 1 atom stereocenters. The molecule has 0 radical (unpaired) electrons. The van der Waals surface area contributed by atoms with Crippen LogP contribution in [-0.2, 0) is 18.3 Å². The van der Waals surface area contributed by atoms with Gasteiger partial charge in [-0.05, 0) is 64.8 Å². The largest absolute Gasteiger partial charge is 0.444 e. The molecule has 3 heterocycles. The highest BCUT2D eigenvalue weighted by Crippen LogP contribution is 2.32. The van der Waals surface area contributed by atoms with Gasteiger partial charge in [0.15, 0.2) is 5.82 Å². The van der Waals surface area contributed by atoms with Gasteiger partial charge in [-0.15, -0.1) is 0 Å². The number of piperidine rings is 1. The van der Waals surface area contributed by atoms with E-state index >= 15 is 0 Å². The number of amides is 3. The summed E-state index contributed by atoms with van der Waals surface area (Å²) in [4.78, 5) is 45.1. The number of benzene rings is 2. The highest BCUT2D eigenvalue weighted by Gasteiger charge is 2.29. The lowest BCUT2D eigenvalue weighted by Gasteiger charge is -2.33. The number of primary amides is 1. The Morgan fingerprint density at radius 3 is 2.60 bits per heavy atom. The van der Waals surface area contributed by atoms with Gasteiger partial charge in [0.1, 0.15) is 6.10 Å². The lowest BCUT2D eigenvalue weighted by Crippen LogP contribution is -2.47. The molecule has 0 bridgehead atoms. The fourth-order valence-corrected chi connectivity index (χ4v) is 5.52. The minimum Gasteiger partial charge on any atom is -0.444 e. The minimum absolute atomic E-state index is 0.232. The monoisotopic (exact) mass is 544 g/mol. The van der Waals surface area contributed by atoms with Gasteiger partial charge in [-0.2, -0.15) is 0 Å². The molecular formula is C30H36N6O4.